The van der Waals surface area contributed by atoms with Gasteiger partial charge in [0.15, 0.2) is 0 Å². The average molecular weight is 211 g/mol. The zero-order chi connectivity index (χ0) is 9.97. The van der Waals surface area contributed by atoms with E-state index >= 15 is 0 Å². The number of aromatic nitrogens is 2. The highest BCUT2D eigenvalue weighted by atomic mass is 32.2. The lowest BCUT2D eigenvalue weighted by Gasteiger charge is -2.09. The molecule has 1 aliphatic heterocycles. The van der Waals surface area contributed by atoms with Crippen molar-refractivity contribution in [1.29, 1.82) is 0 Å². The number of ether oxygens (including phenoxy) is 1. The maximum atomic E-state index is 5.18. The Hall–Kier alpha value is -0.970. The van der Waals surface area contributed by atoms with Gasteiger partial charge >= 0.3 is 0 Å². The first kappa shape index (κ1) is 9.58. The quantitative estimate of drug-likeness (QED) is 0.715. The van der Waals surface area contributed by atoms with Gasteiger partial charge in [0.1, 0.15) is 17.0 Å². The molecule has 5 heteroatoms. The van der Waals surface area contributed by atoms with Crippen LogP contribution in [0.25, 0.3) is 0 Å². The number of hydrogen-bond donors (Lipinski definition) is 1. The Kier molecular flexibility index (Phi) is 2.77. The number of nitrogens with one attached hydrogen (secondary N) is 1. The van der Waals surface area contributed by atoms with Crippen LogP contribution in [0.5, 0.6) is 5.88 Å². The highest BCUT2D eigenvalue weighted by Gasteiger charge is 2.17. The molecule has 1 aromatic rings. The predicted molar refractivity (Wildman–Crippen MR) is 57.0 cm³/mol. The van der Waals surface area contributed by atoms with Crippen molar-refractivity contribution in [3.05, 3.63) is 6.33 Å². The summed E-state index contributed by atoms with van der Waals surface area (Å²) >= 11 is 1.75. The van der Waals surface area contributed by atoms with Gasteiger partial charge in [0.25, 0.3) is 0 Å². The highest BCUT2D eigenvalue weighted by molar-refractivity contribution is 7.99. The largest absolute Gasteiger partial charge is 0.479 e. The lowest BCUT2D eigenvalue weighted by molar-refractivity contribution is 0.397. The van der Waals surface area contributed by atoms with Crippen molar-refractivity contribution in [3.63, 3.8) is 0 Å². The van der Waals surface area contributed by atoms with Gasteiger partial charge in [-0.2, -0.15) is 4.98 Å². The molecule has 1 aromatic heterocycles. The summed E-state index contributed by atoms with van der Waals surface area (Å²) in [6.45, 7) is 3.16. The molecule has 0 aliphatic carbocycles. The zero-order valence-corrected chi connectivity index (χ0v) is 9.10. The monoisotopic (exact) mass is 211 g/mol. The van der Waals surface area contributed by atoms with Gasteiger partial charge in [-0.1, -0.05) is 6.92 Å². The summed E-state index contributed by atoms with van der Waals surface area (Å²) in [5.74, 6) is 2.36. The fourth-order valence-corrected chi connectivity index (χ4v) is 2.31. The molecule has 1 aliphatic rings. The highest BCUT2D eigenvalue weighted by Crippen LogP contribution is 2.34. The summed E-state index contributed by atoms with van der Waals surface area (Å²) < 4.78 is 5.18. The van der Waals surface area contributed by atoms with E-state index in [1.165, 1.54) is 0 Å². The van der Waals surface area contributed by atoms with Crippen molar-refractivity contribution in [2.45, 2.75) is 11.9 Å². The number of thioether (sulfide) groups is 1. The van der Waals surface area contributed by atoms with E-state index in [1.807, 2.05) is 0 Å². The first-order valence-corrected chi connectivity index (χ1v) is 5.55. The van der Waals surface area contributed by atoms with E-state index in [-0.39, 0.29) is 0 Å². The lowest BCUT2D eigenvalue weighted by Crippen LogP contribution is -2.11. The summed E-state index contributed by atoms with van der Waals surface area (Å²) in [5.41, 5.74) is 0.935. The number of anilines is 1. The minimum Gasteiger partial charge on any atom is -0.479 e. The number of rotatable bonds is 1. The third kappa shape index (κ3) is 1.77. The molecule has 14 heavy (non-hydrogen) atoms. The van der Waals surface area contributed by atoms with Gasteiger partial charge in [0.05, 0.1) is 7.11 Å². The van der Waals surface area contributed by atoms with E-state index < -0.39 is 0 Å². The van der Waals surface area contributed by atoms with Crippen LogP contribution >= 0.6 is 11.8 Å². The molecule has 0 spiro atoms. The second kappa shape index (κ2) is 4.04. The minimum absolute atomic E-state index is 0.636. The Morgan fingerprint density at radius 1 is 1.57 bits per heavy atom. The maximum Gasteiger partial charge on any atom is 0.241 e. The van der Waals surface area contributed by atoms with Gasteiger partial charge in [-0.25, -0.2) is 4.98 Å². The van der Waals surface area contributed by atoms with Crippen LogP contribution in [0.3, 0.4) is 0 Å². The Bertz CT molecular complexity index is 332. The second-order valence-corrected chi connectivity index (χ2v) is 4.37. The summed E-state index contributed by atoms with van der Waals surface area (Å²) in [4.78, 5) is 8.30. The molecule has 76 valence electrons. The van der Waals surface area contributed by atoms with Crippen molar-refractivity contribution in [1.82, 2.24) is 9.97 Å². The molecule has 2 heterocycles. The van der Waals surface area contributed by atoms with Gasteiger partial charge in [-0.05, 0) is 5.92 Å². The standard InChI is InChI=1S/C9H13N3OS/c1-6-3-10-7-8(13-2)11-5-12-9(7)14-4-6/h5-6,10H,3-4H2,1-2H3. The van der Waals surface area contributed by atoms with Crippen LogP contribution in [0.15, 0.2) is 11.4 Å². The Balaban J connectivity index is 2.35. The van der Waals surface area contributed by atoms with E-state index in [9.17, 15) is 0 Å². The average Bonchev–Trinajstić information content (AvgIpc) is 2.41. The third-order valence-electron chi connectivity index (χ3n) is 2.10. The first-order chi connectivity index (χ1) is 6.81. The number of methoxy groups -OCH3 is 1. The molecular formula is C9H13N3OS. The number of fused-ring (bicyclic) bond motifs is 1. The van der Waals surface area contributed by atoms with Crippen LogP contribution in [0.4, 0.5) is 5.69 Å². The minimum atomic E-state index is 0.636. The number of nitrogens with zero attached hydrogens (tertiary/aromatic N) is 2. The fraction of sp³-hybridized carbons (Fsp3) is 0.556. The second-order valence-electron chi connectivity index (χ2n) is 3.36. The van der Waals surface area contributed by atoms with E-state index in [2.05, 4.69) is 22.2 Å². The SMILES string of the molecule is COc1ncnc2c1NCC(C)CS2. The van der Waals surface area contributed by atoms with Crippen molar-refractivity contribution in [2.75, 3.05) is 24.7 Å². The van der Waals surface area contributed by atoms with Crippen LogP contribution in [0.1, 0.15) is 6.92 Å². The Labute approximate surface area is 87.5 Å². The van der Waals surface area contributed by atoms with Crippen LogP contribution in [0.2, 0.25) is 0 Å². The molecule has 1 N–H and O–H groups in total. The van der Waals surface area contributed by atoms with Crippen LogP contribution < -0.4 is 10.1 Å². The molecule has 4 nitrogen and oxygen atoms in total. The zero-order valence-electron chi connectivity index (χ0n) is 8.28. The summed E-state index contributed by atoms with van der Waals surface area (Å²) in [6.07, 6.45) is 1.54. The fourth-order valence-electron chi connectivity index (χ4n) is 1.33. The van der Waals surface area contributed by atoms with Crippen LogP contribution in [-0.4, -0.2) is 29.4 Å². The molecular weight excluding hydrogens is 198 g/mol. The first-order valence-electron chi connectivity index (χ1n) is 4.57. The van der Waals surface area contributed by atoms with Crippen LogP contribution in [-0.2, 0) is 0 Å². The maximum absolute atomic E-state index is 5.18. The van der Waals surface area contributed by atoms with Crippen molar-refractivity contribution < 1.29 is 4.74 Å². The molecule has 0 saturated heterocycles. The van der Waals surface area contributed by atoms with Crippen molar-refractivity contribution >= 4 is 17.4 Å². The van der Waals surface area contributed by atoms with Crippen molar-refractivity contribution in [2.24, 2.45) is 5.92 Å². The molecule has 0 bridgehead atoms. The smallest absolute Gasteiger partial charge is 0.241 e. The van der Waals surface area contributed by atoms with E-state index in [4.69, 9.17) is 4.74 Å². The summed E-state index contributed by atoms with van der Waals surface area (Å²) in [6, 6.07) is 0. The van der Waals surface area contributed by atoms with E-state index in [0.717, 1.165) is 23.0 Å². The lowest BCUT2D eigenvalue weighted by atomic mass is 10.2. The summed E-state index contributed by atoms with van der Waals surface area (Å²) in [5, 5.41) is 4.31. The van der Waals surface area contributed by atoms with E-state index in [1.54, 1.807) is 25.2 Å². The van der Waals surface area contributed by atoms with Gasteiger partial charge in [0, 0.05) is 12.3 Å². The van der Waals surface area contributed by atoms with Crippen molar-refractivity contribution in [3.8, 4) is 5.88 Å². The molecule has 0 fully saturated rings. The molecule has 1 unspecified atom stereocenters. The Morgan fingerprint density at radius 2 is 2.43 bits per heavy atom. The Morgan fingerprint density at radius 3 is 3.21 bits per heavy atom. The molecule has 0 aromatic carbocycles. The van der Waals surface area contributed by atoms with Gasteiger partial charge in [-0.15, -0.1) is 11.8 Å². The normalized spacial score (nSPS) is 20.6. The number of hydrogen-bond acceptors (Lipinski definition) is 5. The topological polar surface area (TPSA) is 47.0 Å². The van der Waals surface area contributed by atoms with Crippen LogP contribution in [0, 0.1) is 5.92 Å². The van der Waals surface area contributed by atoms with Gasteiger partial charge < -0.3 is 10.1 Å². The van der Waals surface area contributed by atoms with Gasteiger partial charge in [0.2, 0.25) is 5.88 Å². The summed E-state index contributed by atoms with van der Waals surface area (Å²) in [7, 11) is 1.63. The molecule has 0 amide bonds. The molecule has 0 radical (unpaired) electrons. The van der Waals surface area contributed by atoms with Gasteiger partial charge in [-0.3, -0.25) is 0 Å². The molecule has 1 atom stereocenters. The predicted octanol–water partition coefficient (Wildman–Crippen LogP) is 1.64. The third-order valence-corrected chi connectivity index (χ3v) is 3.42. The van der Waals surface area contributed by atoms with E-state index in [0.29, 0.717) is 11.8 Å². The molecule has 0 saturated carbocycles. The molecule has 2 rings (SSSR count).